The first kappa shape index (κ1) is 12.7. The van der Waals surface area contributed by atoms with E-state index in [9.17, 15) is 8.78 Å². The molecular formula is C13H11F2NOS. The molecule has 0 saturated carbocycles. The minimum atomic E-state index is -0.609. The van der Waals surface area contributed by atoms with Gasteiger partial charge < -0.3 is 10.5 Å². The van der Waals surface area contributed by atoms with Crippen LogP contribution in [0.1, 0.15) is 0 Å². The standard InChI is InChI=1S/C13H11F2NOS/c1-17-9-3-4-11(16)13(7-9)18-12-5-2-8(14)6-10(12)15/h2-7H,16H2,1H3. The maximum atomic E-state index is 13.5. The highest BCUT2D eigenvalue weighted by molar-refractivity contribution is 7.99. The van der Waals surface area contributed by atoms with Crippen molar-refractivity contribution in [2.45, 2.75) is 9.79 Å². The van der Waals surface area contributed by atoms with Crippen LogP contribution in [0, 0.1) is 11.6 Å². The van der Waals surface area contributed by atoms with E-state index in [1.165, 1.54) is 12.1 Å². The quantitative estimate of drug-likeness (QED) is 0.861. The summed E-state index contributed by atoms with van der Waals surface area (Å²) in [7, 11) is 1.54. The Bertz CT molecular complexity index is 575. The summed E-state index contributed by atoms with van der Waals surface area (Å²) in [5.74, 6) is -0.577. The Labute approximate surface area is 108 Å². The van der Waals surface area contributed by atoms with Gasteiger partial charge in [-0.05, 0) is 30.3 Å². The van der Waals surface area contributed by atoms with E-state index in [-0.39, 0.29) is 0 Å². The smallest absolute Gasteiger partial charge is 0.140 e. The van der Waals surface area contributed by atoms with Crippen LogP contribution >= 0.6 is 11.8 Å². The number of ether oxygens (including phenoxy) is 1. The second-order valence-electron chi connectivity index (χ2n) is 3.58. The van der Waals surface area contributed by atoms with Crippen LogP contribution in [0.25, 0.3) is 0 Å². The van der Waals surface area contributed by atoms with Crippen LogP contribution in [0.4, 0.5) is 14.5 Å². The molecule has 0 aromatic heterocycles. The summed E-state index contributed by atoms with van der Waals surface area (Å²) in [6.07, 6.45) is 0. The molecule has 2 rings (SSSR count). The average Bonchev–Trinajstić information content (AvgIpc) is 2.35. The zero-order valence-electron chi connectivity index (χ0n) is 9.61. The molecular weight excluding hydrogens is 256 g/mol. The van der Waals surface area contributed by atoms with E-state index < -0.39 is 11.6 Å². The van der Waals surface area contributed by atoms with E-state index >= 15 is 0 Å². The van der Waals surface area contributed by atoms with Gasteiger partial charge >= 0.3 is 0 Å². The summed E-state index contributed by atoms with van der Waals surface area (Å²) in [5.41, 5.74) is 6.32. The molecule has 0 fully saturated rings. The largest absolute Gasteiger partial charge is 0.497 e. The van der Waals surface area contributed by atoms with Gasteiger partial charge in [-0.1, -0.05) is 11.8 Å². The van der Waals surface area contributed by atoms with Crippen molar-refractivity contribution in [3.8, 4) is 5.75 Å². The van der Waals surface area contributed by atoms with Gasteiger partial charge in [-0.2, -0.15) is 0 Å². The molecule has 0 bridgehead atoms. The number of nitrogen functional groups attached to an aromatic ring is 1. The molecule has 0 radical (unpaired) electrons. The number of hydrogen-bond acceptors (Lipinski definition) is 3. The van der Waals surface area contributed by atoms with Crippen molar-refractivity contribution in [1.29, 1.82) is 0 Å². The van der Waals surface area contributed by atoms with Gasteiger partial charge in [-0.15, -0.1) is 0 Å². The molecule has 2 aromatic carbocycles. The Hall–Kier alpha value is -1.75. The maximum Gasteiger partial charge on any atom is 0.140 e. The minimum Gasteiger partial charge on any atom is -0.497 e. The van der Waals surface area contributed by atoms with Crippen LogP contribution in [0.3, 0.4) is 0 Å². The van der Waals surface area contributed by atoms with E-state index in [0.717, 1.165) is 17.8 Å². The van der Waals surface area contributed by atoms with Crippen molar-refractivity contribution in [3.05, 3.63) is 48.0 Å². The van der Waals surface area contributed by atoms with Crippen LogP contribution in [0.5, 0.6) is 5.75 Å². The number of nitrogens with two attached hydrogens (primary N) is 1. The fourth-order valence-electron chi connectivity index (χ4n) is 1.41. The molecule has 0 spiro atoms. The summed E-state index contributed by atoms with van der Waals surface area (Å²) >= 11 is 1.13. The van der Waals surface area contributed by atoms with Gasteiger partial charge in [0.05, 0.1) is 7.11 Å². The molecule has 5 heteroatoms. The Morgan fingerprint density at radius 2 is 1.83 bits per heavy atom. The first-order valence-corrected chi connectivity index (χ1v) is 5.98. The molecule has 94 valence electrons. The van der Waals surface area contributed by atoms with Gasteiger partial charge in [0.15, 0.2) is 0 Å². The summed E-state index contributed by atoms with van der Waals surface area (Å²) in [4.78, 5) is 0.983. The topological polar surface area (TPSA) is 35.2 Å². The van der Waals surface area contributed by atoms with Crippen LogP contribution in [-0.2, 0) is 0 Å². The third-order valence-electron chi connectivity index (χ3n) is 2.33. The van der Waals surface area contributed by atoms with Crippen molar-refractivity contribution in [3.63, 3.8) is 0 Å². The Morgan fingerprint density at radius 3 is 2.50 bits per heavy atom. The number of methoxy groups -OCH3 is 1. The van der Waals surface area contributed by atoms with Crippen LogP contribution < -0.4 is 10.5 Å². The number of hydrogen-bond donors (Lipinski definition) is 1. The number of halogens is 2. The predicted octanol–water partition coefficient (Wildman–Crippen LogP) is 3.71. The molecule has 0 aliphatic heterocycles. The monoisotopic (exact) mass is 267 g/mol. The first-order chi connectivity index (χ1) is 8.60. The fraction of sp³-hybridized carbons (Fsp3) is 0.0769. The number of anilines is 1. The summed E-state index contributed by atoms with van der Waals surface area (Å²) in [6.45, 7) is 0. The van der Waals surface area contributed by atoms with Gasteiger partial charge in [-0.3, -0.25) is 0 Å². The molecule has 0 aliphatic carbocycles. The lowest BCUT2D eigenvalue weighted by Crippen LogP contribution is -1.91. The molecule has 18 heavy (non-hydrogen) atoms. The molecule has 2 nitrogen and oxygen atoms in total. The van der Waals surface area contributed by atoms with Crippen LogP contribution in [0.15, 0.2) is 46.2 Å². The fourth-order valence-corrected chi connectivity index (χ4v) is 2.30. The average molecular weight is 267 g/mol. The zero-order chi connectivity index (χ0) is 13.1. The third-order valence-corrected chi connectivity index (χ3v) is 3.46. The van der Waals surface area contributed by atoms with E-state index in [4.69, 9.17) is 10.5 Å². The van der Waals surface area contributed by atoms with E-state index in [2.05, 4.69) is 0 Å². The highest BCUT2D eigenvalue weighted by atomic mass is 32.2. The molecule has 0 saturated heterocycles. The van der Waals surface area contributed by atoms with E-state index in [1.54, 1.807) is 25.3 Å². The second-order valence-corrected chi connectivity index (χ2v) is 4.66. The third kappa shape index (κ3) is 2.73. The van der Waals surface area contributed by atoms with Crippen molar-refractivity contribution < 1.29 is 13.5 Å². The lowest BCUT2D eigenvalue weighted by Gasteiger charge is -2.08. The van der Waals surface area contributed by atoms with Crippen molar-refractivity contribution in [2.24, 2.45) is 0 Å². The van der Waals surface area contributed by atoms with Gasteiger partial charge in [0.1, 0.15) is 17.4 Å². The normalized spacial score (nSPS) is 10.4. The highest BCUT2D eigenvalue weighted by Crippen LogP contribution is 2.35. The maximum absolute atomic E-state index is 13.5. The Morgan fingerprint density at radius 1 is 1.06 bits per heavy atom. The van der Waals surface area contributed by atoms with Crippen molar-refractivity contribution >= 4 is 17.4 Å². The number of benzene rings is 2. The first-order valence-electron chi connectivity index (χ1n) is 5.16. The predicted molar refractivity (Wildman–Crippen MR) is 67.9 cm³/mol. The van der Waals surface area contributed by atoms with Crippen molar-refractivity contribution in [2.75, 3.05) is 12.8 Å². The van der Waals surface area contributed by atoms with Crippen molar-refractivity contribution in [1.82, 2.24) is 0 Å². The second kappa shape index (κ2) is 5.27. The van der Waals surface area contributed by atoms with E-state index in [1.807, 2.05) is 0 Å². The van der Waals surface area contributed by atoms with Gasteiger partial charge in [0.25, 0.3) is 0 Å². The lowest BCUT2D eigenvalue weighted by atomic mass is 10.3. The molecule has 0 unspecified atom stereocenters. The molecule has 2 aromatic rings. The summed E-state index contributed by atoms with van der Waals surface area (Å²) < 4.78 is 31.4. The molecule has 0 atom stereocenters. The summed E-state index contributed by atoms with van der Waals surface area (Å²) in [6, 6.07) is 8.56. The lowest BCUT2D eigenvalue weighted by molar-refractivity contribution is 0.414. The van der Waals surface area contributed by atoms with E-state index in [0.29, 0.717) is 21.2 Å². The Kier molecular flexibility index (Phi) is 3.72. The molecule has 2 N–H and O–H groups in total. The van der Waals surface area contributed by atoms with Crippen LogP contribution in [-0.4, -0.2) is 7.11 Å². The molecule has 0 amide bonds. The minimum absolute atomic E-state index is 0.316. The number of rotatable bonds is 3. The molecule has 0 heterocycles. The SMILES string of the molecule is COc1ccc(N)c(Sc2ccc(F)cc2F)c1. The molecule has 0 aliphatic rings. The Balaban J connectivity index is 2.33. The van der Waals surface area contributed by atoms with Gasteiger partial charge in [0, 0.05) is 21.5 Å². The van der Waals surface area contributed by atoms with Crippen LogP contribution in [0.2, 0.25) is 0 Å². The van der Waals surface area contributed by atoms with Gasteiger partial charge in [-0.25, -0.2) is 8.78 Å². The zero-order valence-corrected chi connectivity index (χ0v) is 10.4. The highest BCUT2D eigenvalue weighted by Gasteiger charge is 2.09. The summed E-state index contributed by atoms with van der Waals surface area (Å²) in [5, 5.41) is 0. The van der Waals surface area contributed by atoms with Gasteiger partial charge in [0.2, 0.25) is 0 Å².